The van der Waals surface area contributed by atoms with Gasteiger partial charge in [-0.1, -0.05) is 12.1 Å². The lowest BCUT2D eigenvalue weighted by Crippen LogP contribution is -2.46. The van der Waals surface area contributed by atoms with Crippen molar-refractivity contribution in [3.05, 3.63) is 56.8 Å². The highest BCUT2D eigenvalue weighted by atomic mass is 32.1. The van der Waals surface area contributed by atoms with Crippen LogP contribution in [0.2, 0.25) is 0 Å². The van der Waals surface area contributed by atoms with Gasteiger partial charge in [0, 0.05) is 16.0 Å². The lowest BCUT2D eigenvalue weighted by molar-refractivity contribution is -0.131. The number of rotatable bonds is 3. The Labute approximate surface area is 167 Å². The number of hydrogen-bond acceptors (Lipinski definition) is 4. The number of aryl methyl sites for hydroxylation is 3. The van der Waals surface area contributed by atoms with Crippen molar-refractivity contribution in [2.45, 2.75) is 50.5 Å². The maximum absolute atomic E-state index is 13.2. The largest absolute Gasteiger partial charge is 0.325 e. The topological polar surface area (TPSA) is 66.5 Å². The van der Waals surface area contributed by atoms with E-state index in [-0.39, 0.29) is 18.2 Å². The monoisotopic (exact) mass is 394 g/mol. The SMILES string of the molecule is O=C(CN1C(=O)NC2(CCCc3sccc32)C1=O)c1ccc2c(c1)CCCC2. The van der Waals surface area contributed by atoms with Gasteiger partial charge in [-0.25, -0.2) is 4.79 Å². The Bertz CT molecular complexity index is 995. The fourth-order valence-electron chi connectivity index (χ4n) is 4.83. The van der Waals surface area contributed by atoms with E-state index in [0.717, 1.165) is 47.4 Å². The average Bonchev–Trinajstić information content (AvgIpc) is 3.28. The molecule has 3 aliphatic rings. The molecule has 1 aliphatic heterocycles. The van der Waals surface area contributed by atoms with Gasteiger partial charge in [0.2, 0.25) is 0 Å². The first-order chi connectivity index (χ1) is 13.6. The normalized spacial score (nSPS) is 23.5. The van der Waals surface area contributed by atoms with E-state index in [1.807, 2.05) is 29.6 Å². The van der Waals surface area contributed by atoms with Crippen LogP contribution in [0.3, 0.4) is 0 Å². The molecule has 28 heavy (non-hydrogen) atoms. The summed E-state index contributed by atoms with van der Waals surface area (Å²) in [5.41, 5.74) is 3.04. The van der Waals surface area contributed by atoms with Crippen molar-refractivity contribution in [3.63, 3.8) is 0 Å². The zero-order chi connectivity index (χ0) is 19.3. The molecule has 2 aliphatic carbocycles. The Hall–Kier alpha value is -2.47. The van der Waals surface area contributed by atoms with Crippen molar-refractivity contribution in [2.75, 3.05) is 6.54 Å². The summed E-state index contributed by atoms with van der Waals surface area (Å²) < 4.78 is 0. The second-order valence-corrected chi connectivity index (χ2v) is 8.95. The molecular weight excluding hydrogens is 372 g/mol. The fourth-order valence-corrected chi connectivity index (χ4v) is 5.83. The quantitative estimate of drug-likeness (QED) is 0.639. The highest BCUT2D eigenvalue weighted by Gasteiger charge is 2.54. The van der Waals surface area contributed by atoms with Gasteiger partial charge < -0.3 is 5.32 Å². The van der Waals surface area contributed by atoms with Crippen LogP contribution >= 0.6 is 11.3 Å². The Balaban J connectivity index is 1.40. The molecule has 1 saturated heterocycles. The number of amides is 3. The van der Waals surface area contributed by atoms with Gasteiger partial charge >= 0.3 is 6.03 Å². The highest BCUT2D eigenvalue weighted by Crippen LogP contribution is 2.42. The average molecular weight is 394 g/mol. The van der Waals surface area contributed by atoms with Crippen molar-refractivity contribution >= 4 is 29.1 Å². The predicted molar refractivity (Wildman–Crippen MR) is 107 cm³/mol. The van der Waals surface area contributed by atoms with E-state index < -0.39 is 11.6 Å². The zero-order valence-corrected chi connectivity index (χ0v) is 16.4. The first-order valence-corrected chi connectivity index (χ1v) is 10.8. The molecule has 5 rings (SSSR count). The number of imide groups is 1. The van der Waals surface area contributed by atoms with Crippen LogP contribution in [0.15, 0.2) is 29.6 Å². The minimum atomic E-state index is -0.985. The summed E-state index contributed by atoms with van der Waals surface area (Å²) in [6.07, 6.45) is 6.76. The molecule has 1 unspecified atom stereocenters. The summed E-state index contributed by atoms with van der Waals surface area (Å²) in [7, 11) is 0. The van der Waals surface area contributed by atoms with Crippen LogP contribution in [0, 0.1) is 0 Å². The van der Waals surface area contributed by atoms with Crippen LogP contribution in [0.25, 0.3) is 0 Å². The van der Waals surface area contributed by atoms with Crippen LogP contribution in [0.5, 0.6) is 0 Å². The van der Waals surface area contributed by atoms with Crippen LogP contribution in [0.1, 0.15) is 57.6 Å². The Morgan fingerprint density at radius 1 is 1.07 bits per heavy atom. The second kappa shape index (κ2) is 6.55. The van der Waals surface area contributed by atoms with Crippen molar-refractivity contribution in [2.24, 2.45) is 0 Å². The maximum atomic E-state index is 13.2. The van der Waals surface area contributed by atoms with Crippen molar-refractivity contribution in [1.82, 2.24) is 10.2 Å². The minimum Gasteiger partial charge on any atom is -0.319 e. The van der Waals surface area contributed by atoms with Gasteiger partial charge in [-0.15, -0.1) is 11.3 Å². The van der Waals surface area contributed by atoms with Crippen molar-refractivity contribution in [3.8, 4) is 0 Å². The molecule has 1 atom stereocenters. The van der Waals surface area contributed by atoms with Gasteiger partial charge in [0.25, 0.3) is 5.91 Å². The first-order valence-electron chi connectivity index (χ1n) is 9.94. The molecule has 1 fully saturated rings. The van der Waals surface area contributed by atoms with E-state index in [1.165, 1.54) is 17.5 Å². The van der Waals surface area contributed by atoms with Crippen molar-refractivity contribution in [1.29, 1.82) is 0 Å². The number of nitrogens with zero attached hydrogens (tertiary/aromatic N) is 1. The third-order valence-electron chi connectivity index (χ3n) is 6.31. The molecule has 6 heteroatoms. The summed E-state index contributed by atoms with van der Waals surface area (Å²) in [5.74, 6) is -0.474. The molecule has 2 aromatic rings. The highest BCUT2D eigenvalue weighted by molar-refractivity contribution is 7.10. The van der Waals surface area contributed by atoms with Gasteiger partial charge in [0.05, 0.1) is 6.54 Å². The second-order valence-electron chi connectivity index (χ2n) is 7.95. The first kappa shape index (κ1) is 17.6. The van der Waals surface area contributed by atoms with E-state index in [1.54, 1.807) is 11.3 Å². The predicted octanol–water partition coefficient (Wildman–Crippen LogP) is 3.59. The lowest BCUT2D eigenvalue weighted by Gasteiger charge is -2.31. The summed E-state index contributed by atoms with van der Waals surface area (Å²) in [6, 6.07) is 7.27. The smallest absolute Gasteiger partial charge is 0.319 e. The Morgan fingerprint density at radius 2 is 1.89 bits per heavy atom. The van der Waals surface area contributed by atoms with Crippen LogP contribution in [-0.2, 0) is 29.6 Å². The summed E-state index contributed by atoms with van der Waals surface area (Å²) in [4.78, 5) is 41.0. The van der Waals surface area contributed by atoms with Crippen LogP contribution in [0.4, 0.5) is 4.79 Å². The summed E-state index contributed by atoms with van der Waals surface area (Å²) in [5, 5.41) is 4.88. The molecule has 1 spiro atoms. The standard InChI is InChI=1S/C22H22N2O3S/c25-18(16-8-7-14-4-1-2-5-15(14)12-16)13-24-20(26)22(23-21(24)27)10-3-6-19-17(22)9-11-28-19/h7-9,11-12H,1-6,10,13H2,(H,23,27). The number of nitrogens with one attached hydrogen (secondary N) is 1. The summed E-state index contributed by atoms with van der Waals surface area (Å²) in [6.45, 7) is -0.204. The van der Waals surface area contributed by atoms with E-state index in [0.29, 0.717) is 12.0 Å². The number of fused-ring (bicyclic) bond motifs is 3. The lowest BCUT2D eigenvalue weighted by atomic mass is 9.80. The Morgan fingerprint density at radius 3 is 2.75 bits per heavy atom. The van der Waals surface area contributed by atoms with Crippen LogP contribution in [-0.4, -0.2) is 29.2 Å². The molecule has 1 aromatic heterocycles. The van der Waals surface area contributed by atoms with E-state index in [4.69, 9.17) is 0 Å². The number of ketones is 1. The zero-order valence-electron chi connectivity index (χ0n) is 15.6. The molecule has 1 aromatic carbocycles. The van der Waals surface area contributed by atoms with E-state index in [9.17, 15) is 14.4 Å². The van der Waals surface area contributed by atoms with Gasteiger partial charge in [0.1, 0.15) is 5.54 Å². The van der Waals surface area contributed by atoms with Gasteiger partial charge in [-0.05, 0) is 73.6 Å². The van der Waals surface area contributed by atoms with Gasteiger partial charge in [0.15, 0.2) is 5.78 Å². The summed E-state index contributed by atoms with van der Waals surface area (Å²) >= 11 is 1.63. The number of urea groups is 1. The van der Waals surface area contributed by atoms with Gasteiger partial charge in [-0.2, -0.15) is 0 Å². The van der Waals surface area contributed by atoms with Gasteiger partial charge in [-0.3, -0.25) is 14.5 Å². The third-order valence-corrected chi connectivity index (χ3v) is 7.29. The number of thiophene rings is 1. The number of Topliss-reactive ketones (excluding diaryl/α,β-unsaturated/α-hetero) is 1. The van der Waals surface area contributed by atoms with E-state index in [2.05, 4.69) is 5.32 Å². The molecule has 1 N–H and O–H groups in total. The molecule has 0 radical (unpaired) electrons. The molecule has 0 bridgehead atoms. The van der Waals surface area contributed by atoms with E-state index >= 15 is 0 Å². The number of benzene rings is 1. The molecule has 5 nitrogen and oxygen atoms in total. The molecule has 144 valence electrons. The minimum absolute atomic E-state index is 0.185. The Kier molecular flexibility index (Phi) is 4.12. The fraction of sp³-hybridized carbons (Fsp3) is 0.409. The number of carbonyl (C=O) groups excluding carboxylic acids is 3. The third kappa shape index (κ3) is 2.62. The molecular formula is C22H22N2O3S. The molecule has 0 saturated carbocycles. The van der Waals surface area contributed by atoms with Crippen molar-refractivity contribution < 1.29 is 14.4 Å². The molecule has 2 heterocycles. The number of hydrogen-bond donors (Lipinski definition) is 1. The van der Waals surface area contributed by atoms with Crippen LogP contribution < -0.4 is 5.32 Å². The molecule has 3 amide bonds. The number of carbonyl (C=O) groups is 3. The maximum Gasteiger partial charge on any atom is 0.325 e.